The second-order valence-electron chi connectivity index (χ2n) is 6.45. The number of methoxy groups -OCH3 is 2. The summed E-state index contributed by atoms with van der Waals surface area (Å²) in [4.78, 5) is 12.6. The molecule has 152 valence electrons. The van der Waals surface area contributed by atoms with Crippen LogP contribution in [0.4, 0.5) is 0 Å². The topological polar surface area (TPSA) is 91.2 Å². The van der Waals surface area contributed by atoms with E-state index >= 15 is 0 Å². The lowest BCUT2D eigenvalue weighted by Crippen LogP contribution is -2.26. The van der Waals surface area contributed by atoms with E-state index in [9.17, 15) is 4.79 Å². The predicted molar refractivity (Wildman–Crippen MR) is 108 cm³/mol. The lowest BCUT2D eigenvalue weighted by Gasteiger charge is -2.17. The Balaban J connectivity index is 1.65. The van der Waals surface area contributed by atoms with E-state index in [4.69, 9.17) is 21.1 Å². The molecule has 1 N–H and O–H groups in total. The molecule has 0 spiro atoms. The lowest BCUT2D eigenvalue weighted by molar-refractivity contribution is -0.121. The summed E-state index contributed by atoms with van der Waals surface area (Å²) < 4.78 is 12.2. The first-order valence-electron chi connectivity index (χ1n) is 9.03. The minimum Gasteiger partial charge on any atom is -0.493 e. The molecular formula is C20H22ClN5O3. The second-order valence-corrected chi connectivity index (χ2v) is 6.89. The molecule has 0 radical (unpaired) electrons. The van der Waals surface area contributed by atoms with Crippen molar-refractivity contribution in [1.29, 1.82) is 0 Å². The first-order valence-corrected chi connectivity index (χ1v) is 9.40. The zero-order valence-corrected chi connectivity index (χ0v) is 17.0. The van der Waals surface area contributed by atoms with E-state index in [1.54, 1.807) is 18.9 Å². The van der Waals surface area contributed by atoms with Crippen LogP contribution < -0.4 is 14.8 Å². The van der Waals surface area contributed by atoms with Crippen molar-refractivity contribution in [2.45, 2.75) is 25.4 Å². The number of carbonyl (C=O) groups is 1. The molecule has 1 atom stereocenters. The van der Waals surface area contributed by atoms with E-state index in [0.717, 1.165) is 11.1 Å². The average molecular weight is 416 g/mol. The zero-order valence-electron chi connectivity index (χ0n) is 16.2. The third-order valence-corrected chi connectivity index (χ3v) is 4.76. The van der Waals surface area contributed by atoms with Crippen molar-refractivity contribution in [3.8, 4) is 11.5 Å². The maximum atomic E-state index is 12.6. The van der Waals surface area contributed by atoms with E-state index in [2.05, 4.69) is 20.8 Å². The predicted octanol–water partition coefficient (Wildman–Crippen LogP) is 2.83. The molecule has 0 aliphatic carbocycles. The van der Waals surface area contributed by atoms with Gasteiger partial charge in [0.15, 0.2) is 11.5 Å². The number of carbonyl (C=O) groups excluding carboxylic acids is 1. The van der Waals surface area contributed by atoms with Gasteiger partial charge >= 0.3 is 0 Å². The van der Waals surface area contributed by atoms with Crippen LogP contribution >= 0.6 is 11.6 Å². The quantitative estimate of drug-likeness (QED) is 0.577. The summed E-state index contributed by atoms with van der Waals surface area (Å²) in [7, 11) is 3.16. The number of nitrogens with zero attached hydrogens (tertiary/aromatic N) is 4. The Kier molecular flexibility index (Phi) is 7.02. The van der Waals surface area contributed by atoms with E-state index in [0.29, 0.717) is 29.6 Å². The summed E-state index contributed by atoms with van der Waals surface area (Å²) in [6, 6.07) is 13.0. The van der Waals surface area contributed by atoms with Crippen LogP contribution in [0.5, 0.6) is 11.5 Å². The normalized spacial score (nSPS) is 11.7. The van der Waals surface area contributed by atoms with Gasteiger partial charge in [0.25, 0.3) is 0 Å². The highest BCUT2D eigenvalue weighted by Crippen LogP contribution is 2.27. The molecule has 0 saturated carbocycles. The number of aromatic nitrogens is 4. The van der Waals surface area contributed by atoms with Gasteiger partial charge in [-0.1, -0.05) is 29.8 Å². The minimum atomic E-state index is -0.0961. The fraction of sp³-hybridized carbons (Fsp3) is 0.300. The van der Waals surface area contributed by atoms with Gasteiger partial charge in [-0.25, -0.2) is 4.68 Å². The number of hydrogen-bond donors (Lipinski definition) is 1. The molecule has 0 aliphatic heterocycles. The summed E-state index contributed by atoms with van der Waals surface area (Å²) in [6.45, 7) is 0.871. The van der Waals surface area contributed by atoms with Crippen molar-refractivity contribution in [1.82, 2.24) is 25.5 Å². The molecule has 8 nitrogen and oxygen atoms in total. The number of tetrazole rings is 1. The van der Waals surface area contributed by atoms with Crippen molar-refractivity contribution in [3.05, 3.63) is 64.9 Å². The van der Waals surface area contributed by atoms with Gasteiger partial charge in [0.1, 0.15) is 6.33 Å². The highest BCUT2D eigenvalue weighted by atomic mass is 35.5. The number of amides is 1. The van der Waals surface area contributed by atoms with Gasteiger partial charge < -0.3 is 14.8 Å². The monoisotopic (exact) mass is 415 g/mol. The SMILES string of the molecule is COc1ccc(CNC(=O)CC(Cn2cnnn2)c2ccc(Cl)cc2)cc1OC. The molecule has 0 aliphatic rings. The highest BCUT2D eigenvalue weighted by Gasteiger charge is 2.18. The molecule has 0 saturated heterocycles. The van der Waals surface area contributed by atoms with Crippen molar-refractivity contribution in [3.63, 3.8) is 0 Å². The van der Waals surface area contributed by atoms with Gasteiger partial charge in [-0.05, 0) is 45.8 Å². The van der Waals surface area contributed by atoms with Crippen molar-refractivity contribution in [2.24, 2.45) is 0 Å². The standard InChI is InChI=1S/C20H22ClN5O3/c1-28-18-8-3-14(9-19(18)29-2)11-22-20(27)10-16(12-26-13-23-24-25-26)15-4-6-17(21)7-5-15/h3-9,13,16H,10-12H2,1-2H3,(H,22,27). The van der Waals surface area contributed by atoms with E-state index in [1.165, 1.54) is 6.33 Å². The number of nitrogens with one attached hydrogen (secondary N) is 1. The Morgan fingerprint density at radius 2 is 1.90 bits per heavy atom. The van der Waals surface area contributed by atoms with Crippen molar-refractivity contribution < 1.29 is 14.3 Å². The first-order chi connectivity index (χ1) is 14.1. The number of hydrogen-bond acceptors (Lipinski definition) is 6. The molecule has 9 heteroatoms. The van der Waals surface area contributed by atoms with Crippen LogP contribution in [0.2, 0.25) is 5.02 Å². The van der Waals surface area contributed by atoms with Crippen molar-refractivity contribution >= 4 is 17.5 Å². The molecular weight excluding hydrogens is 394 g/mol. The van der Waals surface area contributed by atoms with E-state index < -0.39 is 0 Å². The maximum absolute atomic E-state index is 12.6. The van der Waals surface area contributed by atoms with Crippen molar-refractivity contribution in [2.75, 3.05) is 14.2 Å². The summed E-state index contributed by atoms with van der Waals surface area (Å²) in [5, 5.41) is 14.8. The molecule has 1 unspecified atom stereocenters. The first kappa shape index (κ1) is 20.6. The Labute approximate surface area is 173 Å². The Bertz CT molecular complexity index is 932. The van der Waals surface area contributed by atoms with Gasteiger partial charge in [0, 0.05) is 23.9 Å². The fourth-order valence-corrected chi connectivity index (χ4v) is 3.13. The third kappa shape index (κ3) is 5.68. The largest absolute Gasteiger partial charge is 0.493 e. The molecule has 3 aromatic rings. The van der Waals surface area contributed by atoms with Crippen LogP contribution in [0.1, 0.15) is 23.5 Å². The smallest absolute Gasteiger partial charge is 0.220 e. The van der Waals surface area contributed by atoms with E-state index in [1.807, 2.05) is 42.5 Å². The summed E-state index contributed by atoms with van der Waals surface area (Å²) in [6.07, 6.45) is 1.82. The molecule has 3 rings (SSSR count). The maximum Gasteiger partial charge on any atom is 0.220 e. The van der Waals surface area contributed by atoms with Crippen LogP contribution in [0.3, 0.4) is 0 Å². The molecule has 29 heavy (non-hydrogen) atoms. The van der Waals surface area contributed by atoms with Gasteiger partial charge in [-0.15, -0.1) is 5.10 Å². The van der Waals surface area contributed by atoms with Crippen LogP contribution in [0.15, 0.2) is 48.8 Å². The van der Waals surface area contributed by atoms with Gasteiger partial charge in [-0.3, -0.25) is 4.79 Å². The zero-order chi connectivity index (χ0) is 20.6. The van der Waals surface area contributed by atoms with Crippen LogP contribution in [0.25, 0.3) is 0 Å². The average Bonchev–Trinajstić information content (AvgIpc) is 3.25. The molecule has 1 amide bonds. The van der Waals surface area contributed by atoms with Crippen LogP contribution in [-0.4, -0.2) is 40.3 Å². The number of halogens is 1. The van der Waals surface area contributed by atoms with E-state index in [-0.39, 0.29) is 18.2 Å². The number of ether oxygens (including phenoxy) is 2. The fourth-order valence-electron chi connectivity index (χ4n) is 3.00. The number of rotatable bonds is 9. The minimum absolute atomic E-state index is 0.0761. The molecule has 0 fully saturated rings. The summed E-state index contributed by atoms with van der Waals surface area (Å²) in [5.74, 6) is 1.10. The lowest BCUT2D eigenvalue weighted by atomic mass is 9.95. The van der Waals surface area contributed by atoms with Gasteiger partial charge in [0.05, 0.1) is 20.8 Å². The molecule has 0 bridgehead atoms. The Morgan fingerprint density at radius 1 is 1.14 bits per heavy atom. The van der Waals surface area contributed by atoms with Crippen LogP contribution in [-0.2, 0) is 17.9 Å². The molecule has 1 aromatic heterocycles. The number of benzene rings is 2. The molecule has 1 heterocycles. The highest BCUT2D eigenvalue weighted by molar-refractivity contribution is 6.30. The summed E-state index contributed by atoms with van der Waals surface area (Å²) >= 11 is 5.99. The summed E-state index contributed by atoms with van der Waals surface area (Å²) in [5.41, 5.74) is 1.91. The third-order valence-electron chi connectivity index (χ3n) is 4.51. The second kappa shape index (κ2) is 9.88. The molecule has 2 aromatic carbocycles. The van der Waals surface area contributed by atoms with Gasteiger partial charge in [0.2, 0.25) is 5.91 Å². The Hall–Kier alpha value is -3.13. The van der Waals surface area contributed by atoms with Crippen LogP contribution in [0, 0.1) is 0 Å². The van der Waals surface area contributed by atoms with Gasteiger partial charge in [-0.2, -0.15) is 0 Å². The Morgan fingerprint density at radius 3 is 2.55 bits per heavy atom.